The van der Waals surface area contributed by atoms with Crippen LogP contribution in [0.4, 0.5) is 8.78 Å². The predicted octanol–water partition coefficient (Wildman–Crippen LogP) is 5.25. The van der Waals surface area contributed by atoms with Crippen molar-refractivity contribution >= 4 is 19.8 Å². The van der Waals surface area contributed by atoms with Crippen molar-refractivity contribution < 1.29 is 51.5 Å². The van der Waals surface area contributed by atoms with Crippen molar-refractivity contribution in [2.45, 2.75) is 89.5 Å². The summed E-state index contributed by atoms with van der Waals surface area (Å²) in [4.78, 5) is 32.0. The number of carbonyl (C=O) groups is 2. The number of carbonyl (C=O) groups excluding carboxylic acids is 1. The number of benzene rings is 1. The number of rotatable bonds is 23. The zero-order valence-corrected chi connectivity index (χ0v) is 23.4. The molecule has 39 heavy (non-hydrogen) atoms. The number of para-hydroxylation sites is 1. The van der Waals surface area contributed by atoms with Gasteiger partial charge < -0.3 is 25.2 Å². The predicted molar refractivity (Wildman–Crippen MR) is 141 cm³/mol. The maximum atomic E-state index is 14.0. The van der Waals surface area contributed by atoms with Gasteiger partial charge in [-0.1, -0.05) is 76.5 Å². The van der Waals surface area contributed by atoms with Crippen molar-refractivity contribution in [3.05, 3.63) is 29.8 Å². The van der Waals surface area contributed by atoms with E-state index in [9.17, 15) is 27.8 Å². The third kappa shape index (κ3) is 17.2. The molecule has 0 aliphatic heterocycles. The van der Waals surface area contributed by atoms with Gasteiger partial charge in [-0.05, 0) is 24.5 Å². The summed E-state index contributed by atoms with van der Waals surface area (Å²) < 4.78 is 58.4. The zero-order valence-electron chi connectivity index (χ0n) is 22.5. The monoisotopic (exact) mass is 581 g/mol. The minimum absolute atomic E-state index is 0.177. The second kappa shape index (κ2) is 19.0. The Morgan fingerprint density at radius 3 is 2.26 bits per heavy atom. The van der Waals surface area contributed by atoms with Gasteiger partial charge in [-0.25, -0.2) is 13.3 Å². The van der Waals surface area contributed by atoms with Gasteiger partial charge in [0.05, 0.1) is 13.2 Å². The van der Waals surface area contributed by atoms with Gasteiger partial charge in [0.1, 0.15) is 18.4 Å². The quantitative estimate of drug-likeness (QED) is 0.0886. The Morgan fingerprint density at radius 2 is 1.62 bits per heavy atom. The zero-order chi connectivity index (χ0) is 29.2. The summed E-state index contributed by atoms with van der Waals surface area (Å²) in [7, 11) is -4.99. The van der Waals surface area contributed by atoms with Gasteiger partial charge in [-0.15, -0.1) is 0 Å². The molecule has 0 heterocycles. The molecule has 10 nitrogen and oxygen atoms in total. The molecule has 0 amide bonds. The number of alkyl halides is 2. The highest BCUT2D eigenvalue weighted by Crippen LogP contribution is 2.44. The lowest BCUT2D eigenvalue weighted by molar-refractivity contribution is -0.158. The van der Waals surface area contributed by atoms with Crippen LogP contribution >= 0.6 is 7.82 Å². The van der Waals surface area contributed by atoms with Crippen LogP contribution in [0.1, 0.15) is 76.7 Å². The summed E-state index contributed by atoms with van der Waals surface area (Å²) >= 11 is 0. The molecule has 1 unspecified atom stereocenters. The molecule has 1 rings (SSSR count). The molecular weight excluding hydrogens is 539 g/mol. The number of carboxylic acids is 1. The van der Waals surface area contributed by atoms with E-state index in [2.05, 4.69) is 20.7 Å². The normalized spacial score (nSPS) is 14.0. The largest absolute Gasteiger partial charge is 0.493 e. The van der Waals surface area contributed by atoms with E-state index in [-0.39, 0.29) is 12.8 Å². The average Bonchev–Trinajstić information content (AvgIpc) is 2.90. The summed E-state index contributed by atoms with van der Waals surface area (Å²) in [5.41, 5.74) is 5.85. The molecule has 0 aliphatic carbocycles. The van der Waals surface area contributed by atoms with E-state index in [1.54, 1.807) is 18.2 Å². The number of aryl methyl sites for hydroxylation is 1. The Morgan fingerprint density at radius 1 is 1.00 bits per heavy atom. The van der Waals surface area contributed by atoms with Crippen LogP contribution in [0.15, 0.2) is 24.3 Å². The van der Waals surface area contributed by atoms with Crippen molar-refractivity contribution in [3.63, 3.8) is 0 Å². The molecule has 224 valence electrons. The third-order valence-electron chi connectivity index (χ3n) is 5.69. The maximum absolute atomic E-state index is 14.0. The molecule has 0 fully saturated rings. The first kappa shape index (κ1) is 34.9. The van der Waals surface area contributed by atoms with Crippen LogP contribution in [0.2, 0.25) is 0 Å². The Kier molecular flexibility index (Phi) is 17.1. The molecular formula is C26H42F2NO9P. The van der Waals surface area contributed by atoms with Crippen LogP contribution in [-0.4, -0.2) is 60.3 Å². The fourth-order valence-corrected chi connectivity index (χ4v) is 4.22. The maximum Gasteiger partial charge on any atom is 0.472 e. The SMILES string of the molecule is CCCCCCCCCCCOc1ccccc1CCC(=O)OCC(F)(F)COP(=O)(O)OC[C@H](N)C(=O)O. The molecule has 0 saturated carbocycles. The summed E-state index contributed by atoms with van der Waals surface area (Å²) in [6, 6.07) is 5.54. The summed E-state index contributed by atoms with van der Waals surface area (Å²) in [6.07, 6.45) is 10.8. The van der Waals surface area contributed by atoms with Crippen LogP contribution in [0.25, 0.3) is 0 Å². The number of carboxylic acid groups (broad SMARTS) is 1. The topological polar surface area (TPSA) is 155 Å². The van der Waals surface area contributed by atoms with Crippen molar-refractivity contribution in [2.75, 3.05) is 26.4 Å². The molecule has 4 N–H and O–H groups in total. The van der Waals surface area contributed by atoms with Gasteiger partial charge in [0.15, 0.2) is 6.61 Å². The highest BCUT2D eigenvalue weighted by molar-refractivity contribution is 7.47. The number of halogens is 2. The van der Waals surface area contributed by atoms with E-state index in [1.807, 2.05) is 6.07 Å². The number of phosphoric ester groups is 1. The fraction of sp³-hybridized carbons (Fsp3) is 0.692. The standard InChI is InChI=1S/C26H42F2NO9P/c1-2-3-4-5-6-7-8-9-12-17-35-23-14-11-10-13-21(23)15-16-24(30)36-19-26(27,28)20-38-39(33,34)37-18-22(29)25(31)32/h10-11,13-14,22H,2-9,12,15-20,29H2,1H3,(H,31,32)(H,33,34)/t22-/m0/s1. The summed E-state index contributed by atoms with van der Waals surface area (Å²) in [5, 5.41) is 8.60. The summed E-state index contributed by atoms with van der Waals surface area (Å²) in [6.45, 7) is -1.14. The number of hydrogen-bond acceptors (Lipinski definition) is 8. The lowest BCUT2D eigenvalue weighted by Crippen LogP contribution is -2.35. The second-order valence-electron chi connectivity index (χ2n) is 9.28. The number of hydrogen-bond donors (Lipinski definition) is 3. The number of unbranched alkanes of at least 4 members (excludes halogenated alkanes) is 8. The van der Waals surface area contributed by atoms with Gasteiger partial charge in [0.2, 0.25) is 0 Å². The minimum Gasteiger partial charge on any atom is -0.493 e. The van der Waals surface area contributed by atoms with E-state index in [4.69, 9.17) is 15.6 Å². The molecule has 1 aromatic rings. The van der Waals surface area contributed by atoms with Crippen LogP contribution in [-0.2, 0) is 34.4 Å². The van der Waals surface area contributed by atoms with Crippen molar-refractivity contribution in [1.82, 2.24) is 0 Å². The second-order valence-corrected chi connectivity index (χ2v) is 10.7. The van der Waals surface area contributed by atoms with Crippen molar-refractivity contribution in [1.29, 1.82) is 0 Å². The van der Waals surface area contributed by atoms with Gasteiger partial charge in [0.25, 0.3) is 0 Å². The Labute approximate surface area is 228 Å². The number of nitrogens with two attached hydrogens (primary N) is 1. The molecule has 0 aromatic heterocycles. The van der Waals surface area contributed by atoms with E-state index in [0.29, 0.717) is 12.4 Å². The van der Waals surface area contributed by atoms with E-state index >= 15 is 0 Å². The molecule has 1 aromatic carbocycles. The van der Waals surface area contributed by atoms with Crippen LogP contribution in [0.3, 0.4) is 0 Å². The van der Waals surface area contributed by atoms with Crippen LogP contribution in [0.5, 0.6) is 5.75 Å². The number of ether oxygens (including phenoxy) is 2. The average molecular weight is 582 g/mol. The first-order chi connectivity index (χ1) is 18.5. The van der Waals surface area contributed by atoms with E-state index in [0.717, 1.165) is 18.4 Å². The fourth-order valence-electron chi connectivity index (χ4n) is 3.44. The highest BCUT2D eigenvalue weighted by atomic mass is 31.2. The number of phosphoric acid groups is 1. The molecule has 0 saturated heterocycles. The lowest BCUT2D eigenvalue weighted by atomic mass is 10.1. The van der Waals surface area contributed by atoms with Crippen molar-refractivity contribution in [3.8, 4) is 5.75 Å². The van der Waals surface area contributed by atoms with Crippen LogP contribution < -0.4 is 10.5 Å². The van der Waals surface area contributed by atoms with Crippen LogP contribution in [0, 0.1) is 0 Å². The molecule has 0 spiro atoms. The molecule has 0 bridgehead atoms. The molecule has 0 aliphatic rings. The first-order valence-corrected chi connectivity index (χ1v) is 14.8. The molecule has 13 heteroatoms. The van der Waals surface area contributed by atoms with Gasteiger partial charge in [-0.3, -0.25) is 18.6 Å². The molecule has 0 radical (unpaired) electrons. The smallest absolute Gasteiger partial charge is 0.472 e. The Balaban J connectivity index is 2.32. The number of aliphatic carboxylic acids is 1. The Bertz CT molecular complexity index is 904. The van der Waals surface area contributed by atoms with E-state index in [1.165, 1.54) is 44.9 Å². The van der Waals surface area contributed by atoms with Gasteiger partial charge in [0, 0.05) is 6.42 Å². The van der Waals surface area contributed by atoms with Gasteiger partial charge in [-0.2, -0.15) is 0 Å². The number of esters is 1. The van der Waals surface area contributed by atoms with Gasteiger partial charge >= 0.3 is 25.7 Å². The first-order valence-electron chi connectivity index (χ1n) is 13.3. The minimum atomic E-state index is -4.99. The van der Waals surface area contributed by atoms with E-state index < -0.39 is 51.5 Å². The van der Waals surface area contributed by atoms with Crippen molar-refractivity contribution in [2.24, 2.45) is 5.73 Å². The lowest BCUT2D eigenvalue weighted by Gasteiger charge is -2.19. The third-order valence-corrected chi connectivity index (χ3v) is 6.62. The highest BCUT2D eigenvalue weighted by Gasteiger charge is 2.36. The molecule has 2 atom stereocenters. The Hall–Kier alpha value is -2.11. The summed E-state index contributed by atoms with van der Waals surface area (Å²) in [5.74, 6) is -5.56.